The Bertz CT molecular complexity index is 976. The summed E-state index contributed by atoms with van der Waals surface area (Å²) in [7, 11) is 1.85. The van der Waals surface area contributed by atoms with Gasteiger partial charge in [-0.1, -0.05) is 53.7 Å². The lowest BCUT2D eigenvalue weighted by Gasteiger charge is -2.15. The smallest absolute Gasteiger partial charge is 0.234 e. The zero-order chi connectivity index (χ0) is 20.1. The molecule has 146 valence electrons. The molecule has 1 heterocycles. The maximum atomic E-state index is 12.2. The largest absolute Gasteiger partial charge is 0.481 e. The molecule has 0 aliphatic carbocycles. The first kappa shape index (κ1) is 20.2. The van der Waals surface area contributed by atoms with Gasteiger partial charge in [-0.05, 0) is 37.6 Å². The van der Waals surface area contributed by atoms with Crippen molar-refractivity contribution in [3.05, 3.63) is 64.9 Å². The van der Waals surface area contributed by atoms with Crippen molar-refractivity contribution in [1.29, 1.82) is 0 Å². The van der Waals surface area contributed by atoms with E-state index in [1.165, 1.54) is 11.8 Å². The Morgan fingerprint density at radius 1 is 1.21 bits per heavy atom. The van der Waals surface area contributed by atoms with E-state index in [2.05, 4.69) is 15.5 Å². The lowest BCUT2D eigenvalue weighted by molar-refractivity contribution is -0.113. The molecule has 3 rings (SSSR count). The number of carbonyl (C=O) groups excluding carboxylic acids is 1. The Labute approximate surface area is 173 Å². The van der Waals surface area contributed by atoms with Crippen molar-refractivity contribution >= 4 is 35.0 Å². The summed E-state index contributed by atoms with van der Waals surface area (Å²) >= 11 is 7.47. The number of benzene rings is 2. The average molecular weight is 417 g/mol. The van der Waals surface area contributed by atoms with Gasteiger partial charge in [0, 0.05) is 12.7 Å². The van der Waals surface area contributed by atoms with Crippen LogP contribution in [0.1, 0.15) is 24.4 Å². The van der Waals surface area contributed by atoms with Crippen LogP contribution in [0.3, 0.4) is 0 Å². The number of thioether (sulfide) groups is 1. The molecule has 1 N–H and O–H groups in total. The summed E-state index contributed by atoms with van der Waals surface area (Å²) in [5.74, 6) is 1.39. The molecular weight excluding hydrogens is 396 g/mol. The zero-order valence-electron chi connectivity index (χ0n) is 15.8. The number of nitrogens with one attached hydrogen (secondary N) is 1. The highest BCUT2D eigenvalue weighted by Crippen LogP contribution is 2.29. The number of carbonyl (C=O) groups is 1. The summed E-state index contributed by atoms with van der Waals surface area (Å²) in [5.41, 5.74) is 1.83. The van der Waals surface area contributed by atoms with Crippen molar-refractivity contribution in [2.45, 2.75) is 25.1 Å². The number of halogens is 1. The molecule has 1 aromatic heterocycles. The molecule has 0 fully saturated rings. The number of hydrogen-bond donors (Lipinski definition) is 1. The third kappa shape index (κ3) is 4.85. The van der Waals surface area contributed by atoms with Gasteiger partial charge in [-0.15, -0.1) is 10.2 Å². The van der Waals surface area contributed by atoms with E-state index in [1.807, 2.05) is 61.9 Å². The topological polar surface area (TPSA) is 69.0 Å². The Kier molecular flexibility index (Phi) is 6.59. The van der Waals surface area contributed by atoms with Crippen LogP contribution in [0.4, 0.5) is 5.69 Å². The van der Waals surface area contributed by atoms with Crippen molar-refractivity contribution in [1.82, 2.24) is 14.8 Å². The molecule has 0 radical (unpaired) electrons. The lowest BCUT2D eigenvalue weighted by atomic mass is 10.2. The number of rotatable bonds is 7. The number of hydrogen-bond acceptors (Lipinski definition) is 5. The molecule has 3 aromatic rings. The third-order valence-electron chi connectivity index (χ3n) is 4.12. The van der Waals surface area contributed by atoms with Crippen LogP contribution < -0.4 is 10.1 Å². The van der Waals surface area contributed by atoms with Crippen molar-refractivity contribution in [3.63, 3.8) is 0 Å². The summed E-state index contributed by atoms with van der Waals surface area (Å²) < 4.78 is 7.73. The second-order valence-corrected chi connectivity index (χ2v) is 7.59. The fourth-order valence-electron chi connectivity index (χ4n) is 2.62. The van der Waals surface area contributed by atoms with Crippen LogP contribution in [-0.2, 0) is 11.8 Å². The summed E-state index contributed by atoms with van der Waals surface area (Å²) in [6.07, 6.45) is -0.340. The molecule has 0 aliphatic rings. The quantitative estimate of drug-likeness (QED) is 0.568. The van der Waals surface area contributed by atoms with Gasteiger partial charge in [0.15, 0.2) is 17.1 Å². The molecule has 0 saturated heterocycles. The second kappa shape index (κ2) is 9.12. The normalized spacial score (nSPS) is 11.9. The van der Waals surface area contributed by atoms with Gasteiger partial charge >= 0.3 is 0 Å². The molecular formula is C20H21ClN4O2S. The van der Waals surface area contributed by atoms with E-state index in [1.54, 1.807) is 12.1 Å². The van der Waals surface area contributed by atoms with Gasteiger partial charge in [0.2, 0.25) is 5.91 Å². The van der Waals surface area contributed by atoms with Crippen molar-refractivity contribution < 1.29 is 9.53 Å². The Morgan fingerprint density at radius 2 is 1.93 bits per heavy atom. The van der Waals surface area contributed by atoms with Crippen LogP contribution in [0.5, 0.6) is 5.75 Å². The van der Waals surface area contributed by atoms with Crippen molar-refractivity contribution in [3.8, 4) is 5.75 Å². The van der Waals surface area contributed by atoms with Gasteiger partial charge in [0.1, 0.15) is 5.75 Å². The highest BCUT2D eigenvalue weighted by molar-refractivity contribution is 7.99. The summed E-state index contributed by atoms with van der Waals surface area (Å²) in [6, 6.07) is 15.0. The highest BCUT2D eigenvalue weighted by Gasteiger charge is 2.19. The second-order valence-electron chi connectivity index (χ2n) is 6.24. The zero-order valence-corrected chi connectivity index (χ0v) is 17.4. The first-order valence-corrected chi connectivity index (χ1v) is 10.1. The van der Waals surface area contributed by atoms with Crippen LogP contribution in [-0.4, -0.2) is 26.4 Å². The van der Waals surface area contributed by atoms with Crippen LogP contribution in [0.25, 0.3) is 0 Å². The molecule has 8 heteroatoms. The lowest BCUT2D eigenvalue weighted by Crippen LogP contribution is -2.15. The monoisotopic (exact) mass is 416 g/mol. The minimum absolute atomic E-state index is 0.0933. The molecule has 28 heavy (non-hydrogen) atoms. The van der Waals surface area contributed by atoms with E-state index >= 15 is 0 Å². The van der Waals surface area contributed by atoms with E-state index in [0.29, 0.717) is 21.8 Å². The number of aromatic nitrogens is 3. The van der Waals surface area contributed by atoms with E-state index in [4.69, 9.17) is 16.3 Å². The van der Waals surface area contributed by atoms with Gasteiger partial charge < -0.3 is 14.6 Å². The van der Waals surface area contributed by atoms with Crippen molar-refractivity contribution in [2.24, 2.45) is 7.05 Å². The van der Waals surface area contributed by atoms with E-state index < -0.39 is 0 Å². The van der Waals surface area contributed by atoms with Crippen molar-refractivity contribution in [2.75, 3.05) is 11.1 Å². The summed E-state index contributed by atoms with van der Waals surface area (Å²) in [4.78, 5) is 12.2. The number of ether oxygens (including phenoxy) is 1. The van der Waals surface area contributed by atoms with Gasteiger partial charge in [-0.2, -0.15) is 0 Å². The SMILES string of the molecule is Cc1ccccc1NC(=O)CSc1nnc(C(C)Oc2ccccc2Cl)n1C. The highest BCUT2D eigenvalue weighted by atomic mass is 35.5. The first-order chi connectivity index (χ1) is 13.5. The fourth-order valence-corrected chi connectivity index (χ4v) is 3.52. The maximum absolute atomic E-state index is 12.2. The van der Waals surface area contributed by atoms with E-state index in [9.17, 15) is 4.79 Å². The van der Waals surface area contributed by atoms with Gasteiger partial charge in [-0.3, -0.25) is 4.79 Å². The molecule has 0 aliphatic heterocycles. The van der Waals surface area contributed by atoms with Crippen LogP contribution >= 0.6 is 23.4 Å². The number of anilines is 1. The average Bonchev–Trinajstić information content (AvgIpc) is 3.04. The molecule has 1 amide bonds. The van der Waals surface area contributed by atoms with E-state index in [0.717, 1.165) is 11.3 Å². The van der Waals surface area contributed by atoms with E-state index in [-0.39, 0.29) is 17.8 Å². The Hall–Kier alpha value is -2.51. The molecule has 6 nitrogen and oxygen atoms in total. The summed E-state index contributed by atoms with van der Waals surface area (Å²) in [5, 5.41) is 12.5. The maximum Gasteiger partial charge on any atom is 0.234 e. The molecule has 0 bridgehead atoms. The Morgan fingerprint density at radius 3 is 2.68 bits per heavy atom. The summed E-state index contributed by atoms with van der Waals surface area (Å²) in [6.45, 7) is 3.84. The van der Waals surface area contributed by atoms with Crippen LogP contribution in [0.2, 0.25) is 5.02 Å². The van der Waals surface area contributed by atoms with Crippen LogP contribution in [0.15, 0.2) is 53.7 Å². The predicted octanol–water partition coefficient (Wildman–Crippen LogP) is 4.65. The number of nitrogens with zero attached hydrogens (tertiary/aromatic N) is 3. The van der Waals surface area contributed by atoms with Gasteiger partial charge in [-0.25, -0.2) is 0 Å². The molecule has 0 saturated carbocycles. The number of amides is 1. The minimum atomic E-state index is -0.340. The number of para-hydroxylation sites is 2. The molecule has 1 unspecified atom stereocenters. The standard InChI is InChI=1S/C20H21ClN4O2S/c1-13-8-4-6-10-16(13)22-18(26)12-28-20-24-23-19(25(20)3)14(2)27-17-11-7-5-9-15(17)21/h4-11,14H,12H2,1-3H3,(H,22,26). The predicted molar refractivity (Wildman–Crippen MR) is 112 cm³/mol. The fraction of sp³-hybridized carbons (Fsp3) is 0.250. The van der Waals surface area contributed by atoms with Gasteiger partial charge in [0.05, 0.1) is 10.8 Å². The third-order valence-corrected chi connectivity index (χ3v) is 5.46. The molecule has 0 spiro atoms. The Balaban J connectivity index is 1.60. The molecule has 1 atom stereocenters. The van der Waals surface area contributed by atoms with Crippen LogP contribution in [0, 0.1) is 6.92 Å². The number of aryl methyl sites for hydroxylation is 1. The first-order valence-electron chi connectivity index (χ1n) is 8.74. The minimum Gasteiger partial charge on any atom is -0.481 e. The van der Waals surface area contributed by atoms with Gasteiger partial charge in [0.25, 0.3) is 0 Å². The molecule has 2 aromatic carbocycles.